The summed E-state index contributed by atoms with van der Waals surface area (Å²) < 4.78 is 40.2. The maximum atomic E-state index is 13.6. The van der Waals surface area contributed by atoms with Crippen molar-refractivity contribution in [2.75, 3.05) is 5.32 Å². The number of nitro groups is 1. The number of rotatable bonds is 9. The number of ether oxygens (including phenoxy) is 2. The van der Waals surface area contributed by atoms with Crippen LogP contribution in [0.5, 0.6) is 5.75 Å². The summed E-state index contributed by atoms with van der Waals surface area (Å²) in [5, 5.41) is 17.2. The van der Waals surface area contributed by atoms with Crippen LogP contribution in [0.1, 0.15) is 71.2 Å². The van der Waals surface area contributed by atoms with E-state index < -0.39 is 32.7 Å². The van der Waals surface area contributed by atoms with Crippen molar-refractivity contribution in [2.24, 2.45) is 0 Å². The third-order valence-electron chi connectivity index (χ3n) is 6.75. The van der Waals surface area contributed by atoms with Crippen LogP contribution in [0.25, 0.3) is 10.4 Å². The summed E-state index contributed by atoms with van der Waals surface area (Å²) in [5.74, 6) is 0.250. The molecule has 2 aromatic carbocycles. The molecule has 1 aromatic heterocycles. The lowest BCUT2D eigenvalue weighted by Crippen LogP contribution is -2.40. The summed E-state index contributed by atoms with van der Waals surface area (Å²) in [6, 6.07) is 9.54. The lowest BCUT2D eigenvalue weighted by Gasteiger charge is -2.28. The quantitative estimate of drug-likeness (QED) is 0.169. The standard InChI is InChI=1S/C30H37N5O8S2/c1-18(2)42-28(36)32-20-8-6-19(7-9-20)27-31-17-25(44-27)24-15-10-21(16-26(24)45(40,41)34-30(3,4)5)33-29(37)43-23-13-11-22(12-14-23)35(38)39/h10-20,34H,6-9H2,1-5H3,(H,32,36)(H,33,37). The number of nitrogens with zero attached hydrogens (tertiary/aromatic N) is 2. The molecule has 2 amide bonds. The number of hydrogen-bond acceptors (Lipinski definition) is 10. The monoisotopic (exact) mass is 659 g/mol. The van der Waals surface area contributed by atoms with Gasteiger partial charge in [-0.15, -0.1) is 11.3 Å². The minimum absolute atomic E-state index is 0.0271. The number of hydrogen-bond donors (Lipinski definition) is 3. The van der Waals surface area contributed by atoms with E-state index in [0.29, 0.717) is 10.4 Å². The van der Waals surface area contributed by atoms with Crippen molar-refractivity contribution in [3.8, 4) is 16.2 Å². The maximum Gasteiger partial charge on any atom is 0.417 e. The number of sulfonamides is 1. The Balaban J connectivity index is 1.52. The van der Waals surface area contributed by atoms with E-state index in [1.807, 2.05) is 0 Å². The van der Waals surface area contributed by atoms with Crippen molar-refractivity contribution < 1.29 is 32.4 Å². The smallest absolute Gasteiger partial charge is 0.417 e. The number of nitrogens with one attached hydrogen (secondary N) is 3. The molecular formula is C30H37N5O8S2. The predicted molar refractivity (Wildman–Crippen MR) is 170 cm³/mol. The van der Waals surface area contributed by atoms with Gasteiger partial charge in [-0.1, -0.05) is 6.07 Å². The Hall–Kier alpha value is -4.08. The number of carbonyl (C=O) groups is 2. The number of benzene rings is 2. The van der Waals surface area contributed by atoms with Crippen molar-refractivity contribution in [3.63, 3.8) is 0 Å². The second-order valence-electron chi connectivity index (χ2n) is 12.0. The van der Waals surface area contributed by atoms with Crippen LogP contribution < -0.4 is 20.1 Å². The van der Waals surface area contributed by atoms with Crippen LogP contribution in [-0.2, 0) is 14.8 Å². The Bertz CT molecular complexity index is 1640. The highest BCUT2D eigenvalue weighted by atomic mass is 32.2. The molecule has 0 bridgehead atoms. The van der Waals surface area contributed by atoms with E-state index in [4.69, 9.17) is 9.47 Å². The summed E-state index contributed by atoms with van der Waals surface area (Å²) >= 11 is 1.41. The Morgan fingerprint density at radius 2 is 1.71 bits per heavy atom. The molecule has 13 nitrogen and oxygen atoms in total. The van der Waals surface area contributed by atoms with Gasteiger partial charge in [0.1, 0.15) is 5.75 Å². The predicted octanol–water partition coefficient (Wildman–Crippen LogP) is 6.57. The van der Waals surface area contributed by atoms with E-state index in [9.17, 15) is 28.1 Å². The van der Waals surface area contributed by atoms with Crippen LogP contribution in [0.15, 0.2) is 53.6 Å². The van der Waals surface area contributed by atoms with E-state index in [1.165, 1.54) is 41.7 Å². The molecule has 1 aliphatic carbocycles. The van der Waals surface area contributed by atoms with Crippen LogP contribution in [0, 0.1) is 10.1 Å². The second-order valence-corrected chi connectivity index (χ2v) is 14.8. The summed E-state index contributed by atoms with van der Waals surface area (Å²) in [5.41, 5.74) is -0.330. The molecule has 3 N–H and O–H groups in total. The Kier molecular flexibility index (Phi) is 10.5. The zero-order valence-electron chi connectivity index (χ0n) is 25.7. The number of anilines is 1. The summed E-state index contributed by atoms with van der Waals surface area (Å²) in [6.45, 7) is 8.79. The average Bonchev–Trinajstić information content (AvgIpc) is 3.42. The fourth-order valence-corrected chi connectivity index (χ4v) is 7.73. The minimum Gasteiger partial charge on any atom is -0.447 e. The van der Waals surface area contributed by atoms with Crippen LogP contribution >= 0.6 is 11.3 Å². The van der Waals surface area contributed by atoms with Gasteiger partial charge in [0.15, 0.2) is 0 Å². The van der Waals surface area contributed by atoms with Gasteiger partial charge >= 0.3 is 12.2 Å². The Morgan fingerprint density at radius 1 is 1.04 bits per heavy atom. The van der Waals surface area contributed by atoms with Gasteiger partial charge in [0.2, 0.25) is 10.0 Å². The van der Waals surface area contributed by atoms with Gasteiger partial charge < -0.3 is 14.8 Å². The van der Waals surface area contributed by atoms with Crippen molar-refractivity contribution in [1.29, 1.82) is 0 Å². The molecule has 1 heterocycles. The second kappa shape index (κ2) is 13.9. The van der Waals surface area contributed by atoms with Gasteiger partial charge in [0, 0.05) is 47.1 Å². The molecule has 1 fully saturated rings. The van der Waals surface area contributed by atoms with E-state index >= 15 is 0 Å². The first-order valence-electron chi connectivity index (χ1n) is 14.4. The Morgan fingerprint density at radius 3 is 2.31 bits per heavy atom. The molecule has 0 atom stereocenters. The zero-order valence-corrected chi connectivity index (χ0v) is 27.3. The van der Waals surface area contributed by atoms with E-state index in [1.54, 1.807) is 52.9 Å². The lowest BCUT2D eigenvalue weighted by molar-refractivity contribution is -0.384. The molecule has 4 rings (SSSR count). The number of carbonyl (C=O) groups excluding carboxylic acids is 2. The van der Waals surface area contributed by atoms with Crippen molar-refractivity contribution >= 4 is 44.9 Å². The highest BCUT2D eigenvalue weighted by Crippen LogP contribution is 2.40. The van der Waals surface area contributed by atoms with Gasteiger partial charge in [-0.05, 0) is 84.6 Å². The van der Waals surface area contributed by atoms with Gasteiger partial charge in [-0.2, -0.15) is 0 Å². The topological polar surface area (TPSA) is 179 Å². The normalized spacial score (nSPS) is 17.0. The molecular weight excluding hydrogens is 622 g/mol. The Labute approximate surface area is 265 Å². The zero-order chi connectivity index (χ0) is 32.9. The molecule has 45 heavy (non-hydrogen) atoms. The molecule has 1 aliphatic rings. The van der Waals surface area contributed by atoms with Crippen molar-refractivity contribution in [3.05, 3.63) is 63.8 Å². The number of nitro benzene ring substituents is 1. The average molecular weight is 660 g/mol. The number of alkyl carbamates (subject to hydrolysis) is 1. The van der Waals surface area contributed by atoms with E-state index in [2.05, 4.69) is 20.3 Å². The van der Waals surface area contributed by atoms with Gasteiger partial charge in [0.25, 0.3) is 5.69 Å². The van der Waals surface area contributed by atoms with Crippen LogP contribution in [0.3, 0.4) is 0 Å². The molecule has 242 valence electrons. The first-order chi connectivity index (χ1) is 21.1. The molecule has 0 unspecified atom stereocenters. The van der Waals surface area contributed by atoms with E-state index in [-0.39, 0.29) is 40.1 Å². The highest BCUT2D eigenvalue weighted by Gasteiger charge is 2.29. The molecule has 3 aromatic rings. The number of thiazole rings is 1. The SMILES string of the molecule is CC(C)OC(=O)NC1CCC(c2ncc(-c3ccc(NC(=O)Oc4ccc([N+](=O)[O-])cc4)cc3S(=O)(=O)NC(C)(C)C)s2)CC1. The molecule has 0 radical (unpaired) electrons. The van der Waals surface area contributed by atoms with Crippen molar-refractivity contribution in [2.45, 2.75) is 88.8 Å². The molecule has 0 spiro atoms. The van der Waals surface area contributed by atoms with Crippen LogP contribution in [0.2, 0.25) is 0 Å². The number of amides is 2. The lowest BCUT2D eigenvalue weighted by atomic mass is 9.86. The minimum atomic E-state index is -4.05. The third-order valence-corrected chi connectivity index (χ3v) is 9.74. The maximum absolute atomic E-state index is 13.6. The summed E-state index contributed by atoms with van der Waals surface area (Å²) in [7, 11) is -4.05. The van der Waals surface area contributed by atoms with Crippen LogP contribution in [0.4, 0.5) is 21.0 Å². The van der Waals surface area contributed by atoms with Crippen LogP contribution in [-0.4, -0.2) is 48.2 Å². The fourth-order valence-electron chi connectivity index (χ4n) is 4.87. The molecule has 15 heteroatoms. The highest BCUT2D eigenvalue weighted by molar-refractivity contribution is 7.89. The number of aromatic nitrogens is 1. The fraction of sp³-hybridized carbons (Fsp3) is 0.433. The molecule has 0 aliphatic heterocycles. The largest absolute Gasteiger partial charge is 0.447 e. The summed E-state index contributed by atoms with van der Waals surface area (Å²) in [6.07, 6.45) is 3.34. The van der Waals surface area contributed by atoms with Gasteiger partial charge in [-0.25, -0.2) is 27.7 Å². The third kappa shape index (κ3) is 9.45. The molecule has 0 saturated heterocycles. The first kappa shape index (κ1) is 33.8. The van der Waals surface area contributed by atoms with Gasteiger partial charge in [0.05, 0.1) is 25.8 Å². The first-order valence-corrected chi connectivity index (χ1v) is 16.7. The van der Waals surface area contributed by atoms with Crippen molar-refractivity contribution in [1.82, 2.24) is 15.0 Å². The van der Waals surface area contributed by atoms with Gasteiger partial charge in [-0.3, -0.25) is 15.4 Å². The number of non-ortho nitro benzene ring substituents is 1. The summed E-state index contributed by atoms with van der Waals surface area (Å²) in [4.78, 5) is 40.1. The van der Waals surface area contributed by atoms with E-state index in [0.717, 1.165) is 30.7 Å². The molecule has 1 saturated carbocycles.